The monoisotopic (exact) mass is 232 g/mol. The summed E-state index contributed by atoms with van der Waals surface area (Å²) in [4.78, 5) is 0. The molecule has 1 aromatic heterocycles. The zero-order valence-electron chi connectivity index (χ0n) is 8.70. The maximum Gasteiger partial charge on any atom is 0.152 e. The second kappa shape index (κ2) is 3.46. The number of ether oxygens (including phenoxy) is 1. The second-order valence-electron chi connectivity index (χ2n) is 3.74. The van der Waals surface area contributed by atoms with Crippen LogP contribution in [0.2, 0.25) is 5.15 Å². The lowest BCUT2D eigenvalue weighted by molar-refractivity contribution is 0.415. The van der Waals surface area contributed by atoms with E-state index in [2.05, 4.69) is 16.3 Å². The highest BCUT2D eigenvalue weighted by atomic mass is 35.5. The van der Waals surface area contributed by atoms with Crippen LogP contribution < -0.4 is 4.74 Å². The molecule has 0 aliphatic heterocycles. The zero-order valence-corrected chi connectivity index (χ0v) is 9.45. The third-order valence-electron chi connectivity index (χ3n) is 2.80. The predicted octanol–water partition coefficient (Wildman–Crippen LogP) is 2.71. The Morgan fingerprint density at radius 3 is 2.88 bits per heavy atom. The van der Waals surface area contributed by atoms with E-state index in [4.69, 9.17) is 16.3 Å². The van der Waals surface area contributed by atoms with Gasteiger partial charge in [-0.2, -0.15) is 0 Å². The van der Waals surface area contributed by atoms with E-state index in [1.807, 2.05) is 18.2 Å². The first kappa shape index (κ1) is 9.60. The van der Waals surface area contributed by atoms with Gasteiger partial charge < -0.3 is 4.74 Å². The molecule has 0 bridgehead atoms. The van der Waals surface area contributed by atoms with Crippen LogP contribution in [-0.4, -0.2) is 17.3 Å². The molecule has 0 unspecified atom stereocenters. The topological polar surface area (TPSA) is 35.0 Å². The van der Waals surface area contributed by atoms with Gasteiger partial charge in [-0.25, -0.2) is 0 Å². The Kier molecular flexibility index (Phi) is 2.07. The van der Waals surface area contributed by atoms with Crippen molar-refractivity contribution in [1.82, 2.24) is 10.2 Å². The summed E-state index contributed by atoms with van der Waals surface area (Å²) in [7, 11) is 1.66. The molecule has 1 heterocycles. The minimum Gasteiger partial charge on any atom is -0.497 e. The van der Waals surface area contributed by atoms with Crippen molar-refractivity contribution in [2.75, 3.05) is 7.11 Å². The molecule has 0 fully saturated rings. The maximum absolute atomic E-state index is 5.83. The van der Waals surface area contributed by atoms with Crippen LogP contribution in [-0.2, 0) is 6.42 Å². The molecule has 0 N–H and O–H groups in total. The van der Waals surface area contributed by atoms with E-state index in [0.29, 0.717) is 5.15 Å². The van der Waals surface area contributed by atoms with E-state index >= 15 is 0 Å². The van der Waals surface area contributed by atoms with E-state index in [1.165, 1.54) is 5.56 Å². The SMILES string of the molecule is COc1ccc2c(c1)-c1nnc(Cl)cc1C2. The Morgan fingerprint density at radius 1 is 1.19 bits per heavy atom. The molecule has 16 heavy (non-hydrogen) atoms. The summed E-state index contributed by atoms with van der Waals surface area (Å²) in [6.07, 6.45) is 0.865. The number of fused-ring (bicyclic) bond motifs is 3. The van der Waals surface area contributed by atoms with E-state index in [9.17, 15) is 0 Å². The molecular weight excluding hydrogens is 224 g/mol. The highest BCUT2D eigenvalue weighted by molar-refractivity contribution is 6.29. The fraction of sp³-hybridized carbons (Fsp3) is 0.167. The highest BCUT2D eigenvalue weighted by Crippen LogP contribution is 2.37. The number of benzene rings is 1. The van der Waals surface area contributed by atoms with Gasteiger partial charge >= 0.3 is 0 Å². The molecule has 1 aromatic carbocycles. The van der Waals surface area contributed by atoms with Crippen molar-refractivity contribution in [1.29, 1.82) is 0 Å². The standard InChI is InChI=1S/C12H9ClN2O/c1-16-9-3-2-7-4-8-5-11(13)14-15-12(8)10(7)6-9/h2-3,5-6H,4H2,1H3. The van der Waals surface area contributed by atoms with Gasteiger partial charge in [0.05, 0.1) is 12.8 Å². The Morgan fingerprint density at radius 2 is 2.06 bits per heavy atom. The minimum atomic E-state index is 0.443. The summed E-state index contributed by atoms with van der Waals surface area (Å²) in [5.41, 5.74) is 4.38. The lowest BCUT2D eigenvalue weighted by atomic mass is 10.1. The minimum absolute atomic E-state index is 0.443. The van der Waals surface area contributed by atoms with Gasteiger partial charge in [0.2, 0.25) is 0 Å². The Bertz CT molecular complexity index is 569. The number of methoxy groups -OCH3 is 1. The third-order valence-corrected chi connectivity index (χ3v) is 2.98. The zero-order chi connectivity index (χ0) is 11.1. The summed E-state index contributed by atoms with van der Waals surface area (Å²) in [5.74, 6) is 0.836. The quantitative estimate of drug-likeness (QED) is 0.647. The van der Waals surface area contributed by atoms with Crippen molar-refractivity contribution in [3.63, 3.8) is 0 Å². The Hall–Kier alpha value is -1.61. The van der Waals surface area contributed by atoms with Gasteiger partial charge in [-0.05, 0) is 29.3 Å². The van der Waals surface area contributed by atoms with Gasteiger partial charge in [-0.3, -0.25) is 0 Å². The van der Waals surface area contributed by atoms with Crippen LogP contribution in [0.25, 0.3) is 11.3 Å². The van der Waals surface area contributed by atoms with E-state index in [-0.39, 0.29) is 0 Å². The van der Waals surface area contributed by atoms with Crippen LogP contribution in [0, 0.1) is 0 Å². The van der Waals surface area contributed by atoms with Crippen molar-refractivity contribution in [2.45, 2.75) is 6.42 Å². The van der Waals surface area contributed by atoms with Gasteiger partial charge in [0.15, 0.2) is 5.15 Å². The van der Waals surface area contributed by atoms with Crippen molar-refractivity contribution in [2.24, 2.45) is 0 Å². The molecule has 3 nitrogen and oxygen atoms in total. The summed E-state index contributed by atoms with van der Waals surface area (Å²) < 4.78 is 5.20. The number of nitrogens with zero attached hydrogens (tertiary/aromatic N) is 2. The van der Waals surface area contributed by atoms with Gasteiger partial charge in [0.25, 0.3) is 0 Å². The van der Waals surface area contributed by atoms with E-state index in [0.717, 1.165) is 29.0 Å². The Labute approximate surface area is 98.0 Å². The van der Waals surface area contributed by atoms with Crippen LogP contribution >= 0.6 is 11.6 Å². The summed E-state index contributed by atoms with van der Waals surface area (Å²) >= 11 is 5.83. The fourth-order valence-corrected chi connectivity index (χ4v) is 2.20. The third kappa shape index (κ3) is 1.36. The average Bonchev–Trinajstić information content (AvgIpc) is 2.65. The molecular formula is C12H9ClN2O. The molecule has 1 aliphatic rings. The fourth-order valence-electron chi connectivity index (χ4n) is 2.03. The smallest absolute Gasteiger partial charge is 0.152 e. The van der Waals surface area contributed by atoms with Gasteiger partial charge in [0.1, 0.15) is 5.75 Å². The molecule has 3 rings (SSSR count). The van der Waals surface area contributed by atoms with E-state index < -0.39 is 0 Å². The first-order valence-electron chi connectivity index (χ1n) is 4.97. The predicted molar refractivity (Wildman–Crippen MR) is 61.8 cm³/mol. The summed E-state index contributed by atoms with van der Waals surface area (Å²) in [6, 6.07) is 7.88. The van der Waals surface area contributed by atoms with E-state index in [1.54, 1.807) is 7.11 Å². The average molecular weight is 233 g/mol. The van der Waals surface area contributed by atoms with Crippen LogP contribution in [0.3, 0.4) is 0 Å². The molecule has 80 valence electrons. The maximum atomic E-state index is 5.83. The van der Waals surface area contributed by atoms with Gasteiger partial charge in [-0.1, -0.05) is 17.7 Å². The molecule has 0 radical (unpaired) electrons. The normalized spacial score (nSPS) is 12.1. The number of halogens is 1. The van der Waals surface area contributed by atoms with Crippen LogP contribution in [0.5, 0.6) is 5.75 Å². The van der Waals surface area contributed by atoms with Crippen molar-refractivity contribution in [3.8, 4) is 17.0 Å². The highest BCUT2D eigenvalue weighted by Gasteiger charge is 2.21. The largest absolute Gasteiger partial charge is 0.497 e. The molecule has 0 saturated heterocycles. The number of hydrogen-bond donors (Lipinski definition) is 0. The first-order valence-corrected chi connectivity index (χ1v) is 5.35. The molecule has 0 atom stereocenters. The van der Waals surface area contributed by atoms with Crippen LogP contribution in [0.4, 0.5) is 0 Å². The lowest BCUT2D eigenvalue weighted by Crippen LogP contribution is -1.89. The van der Waals surface area contributed by atoms with Crippen LogP contribution in [0.1, 0.15) is 11.1 Å². The molecule has 2 aromatic rings. The summed E-state index contributed by atoms with van der Waals surface area (Å²) in [6.45, 7) is 0. The molecule has 4 heteroatoms. The lowest BCUT2D eigenvalue weighted by Gasteiger charge is -2.03. The number of hydrogen-bond acceptors (Lipinski definition) is 3. The molecule has 0 saturated carbocycles. The first-order chi connectivity index (χ1) is 7.78. The van der Waals surface area contributed by atoms with Crippen LogP contribution in [0.15, 0.2) is 24.3 Å². The number of rotatable bonds is 1. The van der Waals surface area contributed by atoms with Crippen molar-refractivity contribution in [3.05, 3.63) is 40.5 Å². The van der Waals surface area contributed by atoms with Gasteiger partial charge in [0, 0.05) is 12.0 Å². The molecule has 0 amide bonds. The van der Waals surface area contributed by atoms with Crippen molar-refractivity contribution >= 4 is 11.6 Å². The Balaban J connectivity index is 2.19. The second-order valence-corrected chi connectivity index (χ2v) is 4.13. The van der Waals surface area contributed by atoms with Gasteiger partial charge in [-0.15, -0.1) is 10.2 Å². The number of aromatic nitrogens is 2. The summed E-state index contributed by atoms with van der Waals surface area (Å²) in [5, 5.41) is 8.46. The molecule has 0 spiro atoms. The van der Waals surface area contributed by atoms with Crippen molar-refractivity contribution < 1.29 is 4.74 Å². The molecule has 1 aliphatic carbocycles.